The van der Waals surface area contributed by atoms with Gasteiger partial charge >= 0.3 is 0 Å². The maximum atomic E-state index is 12.7. The first-order chi connectivity index (χ1) is 14.2. The van der Waals surface area contributed by atoms with Crippen molar-refractivity contribution in [3.05, 3.63) is 65.7 Å². The molecular formula is C21H25ClN6O2. The average Bonchev–Trinajstić information content (AvgIpc) is 3.14. The van der Waals surface area contributed by atoms with E-state index in [1.54, 1.807) is 42.3 Å². The van der Waals surface area contributed by atoms with Crippen molar-refractivity contribution in [1.82, 2.24) is 25.1 Å². The molecule has 4 rings (SSSR count). The number of carbonyl (C=O) groups excluding carboxylic acids is 1. The Kier molecular flexibility index (Phi) is 7.37. The molecule has 0 bridgehead atoms. The number of amides is 1. The summed E-state index contributed by atoms with van der Waals surface area (Å²) in [6, 6.07) is 10.9. The minimum absolute atomic E-state index is 0. The normalized spacial score (nSPS) is 14.0. The number of hydrogen-bond acceptors (Lipinski definition) is 6. The standard InChI is InChI=1S/C21H24N6O2.ClH/c1-27-21(24-19(26-27)16-7-10-22-11-8-16)25-20(28)17-5-2-6-18(12-17)29-14-15-4-3-9-23-13-15;/h2-6,9,12-13,16,22H,7-8,10-11,14H2,1H3,(H,24,25,26,28);1H. The number of nitrogens with zero attached hydrogens (tertiary/aromatic N) is 4. The Labute approximate surface area is 181 Å². The highest BCUT2D eigenvalue weighted by Crippen LogP contribution is 2.23. The van der Waals surface area contributed by atoms with Gasteiger partial charge in [-0.05, 0) is 50.2 Å². The van der Waals surface area contributed by atoms with Crippen molar-refractivity contribution in [2.45, 2.75) is 25.4 Å². The minimum Gasteiger partial charge on any atom is -0.489 e. The van der Waals surface area contributed by atoms with Gasteiger partial charge in [0.05, 0.1) is 0 Å². The number of pyridine rings is 1. The van der Waals surface area contributed by atoms with Gasteiger partial charge in [-0.15, -0.1) is 12.4 Å². The van der Waals surface area contributed by atoms with E-state index in [0.29, 0.717) is 29.8 Å². The third-order valence-electron chi connectivity index (χ3n) is 4.93. The van der Waals surface area contributed by atoms with Gasteiger partial charge in [0.25, 0.3) is 5.91 Å². The zero-order valence-corrected chi connectivity index (χ0v) is 17.6. The number of anilines is 1. The Bertz CT molecular complexity index is 973. The van der Waals surface area contributed by atoms with Gasteiger partial charge < -0.3 is 10.1 Å². The summed E-state index contributed by atoms with van der Waals surface area (Å²) in [4.78, 5) is 21.3. The lowest BCUT2D eigenvalue weighted by atomic mass is 9.98. The molecule has 0 aliphatic carbocycles. The fraction of sp³-hybridized carbons (Fsp3) is 0.333. The average molecular weight is 429 g/mol. The Morgan fingerprint density at radius 2 is 2.10 bits per heavy atom. The lowest BCUT2D eigenvalue weighted by molar-refractivity contribution is 0.102. The monoisotopic (exact) mass is 428 g/mol. The van der Waals surface area contributed by atoms with E-state index in [4.69, 9.17) is 4.74 Å². The number of aryl methyl sites for hydroxylation is 1. The van der Waals surface area contributed by atoms with Crippen LogP contribution in [0.2, 0.25) is 0 Å². The van der Waals surface area contributed by atoms with Gasteiger partial charge in [0.15, 0.2) is 5.82 Å². The van der Waals surface area contributed by atoms with Crippen molar-refractivity contribution >= 4 is 24.3 Å². The van der Waals surface area contributed by atoms with Crippen LogP contribution in [0, 0.1) is 0 Å². The SMILES string of the molecule is Cl.Cn1nc(C2CCNCC2)nc1NC(=O)c1cccc(OCc2cccnc2)c1. The van der Waals surface area contributed by atoms with Crippen LogP contribution in [0.1, 0.15) is 40.5 Å². The number of carbonyl (C=O) groups is 1. The Morgan fingerprint density at radius 3 is 2.87 bits per heavy atom. The zero-order valence-electron chi connectivity index (χ0n) is 16.7. The predicted octanol–water partition coefficient (Wildman–Crippen LogP) is 2.93. The molecule has 158 valence electrons. The molecule has 0 spiro atoms. The molecule has 2 aromatic heterocycles. The van der Waals surface area contributed by atoms with E-state index < -0.39 is 0 Å². The topological polar surface area (TPSA) is 94.0 Å². The molecule has 8 nitrogen and oxygen atoms in total. The number of halogens is 1. The van der Waals surface area contributed by atoms with Crippen LogP contribution in [0.25, 0.3) is 0 Å². The lowest BCUT2D eigenvalue weighted by Crippen LogP contribution is -2.27. The molecule has 1 aromatic carbocycles. The molecule has 30 heavy (non-hydrogen) atoms. The molecule has 9 heteroatoms. The second-order valence-corrected chi connectivity index (χ2v) is 7.07. The number of rotatable bonds is 6. The van der Waals surface area contributed by atoms with E-state index in [2.05, 4.69) is 25.7 Å². The Hall–Kier alpha value is -2.97. The van der Waals surface area contributed by atoms with Crippen LogP contribution in [0.15, 0.2) is 48.8 Å². The van der Waals surface area contributed by atoms with Gasteiger partial charge in [-0.2, -0.15) is 10.1 Å². The molecule has 0 saturated carbocycles. The smallest absolute Gasteiger partial charge is 0.258 e. The van der Waals surface area contributed by atoms with Gasteiger partial charge in [0.1, 0.15) is 12.4 Å². The van der Waals surface area contributed by atoms with Crippen LogP contribution in [0.4, 0.5) is 5.95 Å². The van der Waals surface area contributed by atoms with Crippen molar-refractivity contribution < 1.29 is 9.53 Å². The summed E-state index contributed by atoms with van der Waals surface area (Å²) in [6.07, 6.45) is 5.49. The second kappa shape index (κ2) is 10.2. The van der Waals surface area contributed by atoms with Gasteiger partial charge in [-0.3, -0.25) is 15.1 Å². The summed E-state index contributed by atoms with van der Waals surface area (Å²) in [5.74, 6) is 1.94. The molecule has 1 aliphatic heterocycles. The number of nitrogens with one attached hydrogen (secondary N) is 2. The van der Waals surface area contributed by atoms with E-state index in [1.165, 1.54) is 0 Å². The largest absolute Gasteiger partial charge is 0.489 e. The van der Waals surface area contributed by atoms with Crippen LogP contribution < -0.4 is 15.4 Å². The first-order valence-corrected chi connectivity index (χ1v) is 9.74. The first kappa shape index (κ1) is 21.7. The van der Waals surface area contributed by atoms with E-state index >= 15 is 0 Å². The third-order valence-corrected chi connectivity index (χ3v) is 4.93. The first-order valence-electron chi connectivity index (χ1n) is 9.74. The molecule has 1 fully saturated rings. The number of ether oxygens (including phenoxy) is 1. The predicted molar refractivity (Wildman–Crippen MR) is 116 cm³/mol. The maximum absolute atomic E-state index is 12.7. The lowest BCUT2D eigenvalue weighted by Gasteiger charge is -2.19. The van der Waals surface area contributed by atoms with Gasteiger partial charge in [0.2, 0.25) is 5.95 Å². The maximum Gasteiger partial charge on any atom is 0.258 e. The molecule has 0 unspecified atom stereocenters. The fourth-order valence-corrected chi connectivity index (χ4v) is 3.32. The fourth-order valence-electron chi connectivity index (χ4n) is 3.32. The summed E-state index contributed by atoms with van der Waals surface area (Å²) in [6.45, 7) is 2.33. The van der Waals surface area contributed by atoms with Gasteiger partial charge in [0, 0.05) is 36.5 Å². The van der Waals surface area contributed by atoms with Crippen LogP contribution in [-0.2, 0) is 13.7 Å². The van der Waals surface area contributed by atoms with E-state index in [0.717, 1.165) is 37.3 Å². The van der Waals surface area contributed by atoms with E-state index in [9.17, 15) is 4.79 Å². The number of hydrogen-bond donors (Lipinski definition) is 2. The van der Waals surface area contributed by atoms with Crippen molar-refractivity contribution in [2.75, 3.05) is 18.4 Å². The molecule has 3 heterocycles. The highest BCUT2D eigenvalue weighted by molar-refractivity contribution is 6.03. The zero-order chi connectivity index (χ0) is 20.1. The summed E-state index contributed by atoms with van der Waals surface area (Å²) >= 11 is 0. The summed E-state index contributed by atoms with van der Waals surface area (Å²) in [5, 5.41) is 10.7. The highest BCUT2D eigenvalue weighted by atomic mass is 35.5. The molecule has 3 aromatic rings. The second-order valence-electron chi connectivity index (χ2n) is 7.07. The van der Waals surface area contributed by atoms with Crippen molar-refractivity contribution in [3.8, 4) is 5.75 Å². The van der Waals surface area contributed by atoms with Crippen LogP contribution in [0.5, 0.6) is 5.75 Å². The molecule has 0 radical (unpaired) electrons. The molecule has 1 saturated heterocycles. The Balaban J connectivity index is 0.00000256. The third kappa shape index (κ3) is 5.34. The molecule has 1 amide bonds. The summed E-state index contributed by atoms with van der Waals surface area (Å²) in [7, 11) is 1.79. The van der Waals surface area contributed by atoms with Crippen LogP contribution in [0.3, 0.4) is 0 Å². The van der Waals surface area contributed by atoms with Gasteiger partial charge in [-0.25, -0.2) is 4.68 Å². The minimum atomic E-state index is -0.246. The number of aromatic nitrogens is 4. The summed E-state index contributed by atoms with van der Waals surface area (Å²) in [5.41, 5.74) is 1.46. The number of piperidine rings is 1. The van der Waals surface area contributed by atoms with Crippen LogP contribution in [-0.4, -0.2) is 38.7 Å². The van der Waals surface area contributed by atoms with Crippen molar-refractivity contribution in [1.29, 1.82) is 0 Å². The van der Waals surface area contributed by atoms with E-state index in [-0.39, 0.29) is 18.3 Å². The van der Waals surface area contributed by atoms with Crippen molar-refractivity contribution in [2.24, 2.45) is 7.05 Å². The highest BCUT2D eigenvalue weighted by Gasteiger charge is 2.21. The van der Waals surface area contributed by atoms with Crippen molar-refractivity contribution in [3.63, 3.8) is 0 Å². The van der Waals surface area contributed by atoms with E-state index in [1.807, 2.05) is 18.2 Å². The molecule has 1 aliphatic rings. The summed E-state index contributed by atoms with van der Waals surface area (Å²) < 4.78 is 7.40. The van der Waals surface area contributed by atoms with Crippen LogP contribution >= 0.6 is 12.4 Å². The Morgan fingerprint density at radius 1 is 1.27 bits per heavy atom. The molecule has 2 N–H and O–H groups in total. The molecule has 0 atom stereocenters. The quantitative estimate of drug-likeness (QED) is 0.627. The molecular weight excluding hydrogens is 404 g/mol. The number of benzene rings is 1. The van der Waals surface area contributed by atoms with Gasteiger partial charge in [-0.1, -0.05) is 12.1 Å².